The van der Waals surface area contributed by atoms with E-state index in [1.807, 2.05) is 51.7 Å². The molecule has 0 atom stereocenters. The molecule has 0 saturated carbocycles. The zero-order chi connectivity index (χ0) is 21.8. The van der Waals surface area contributed by atoms with Crippen LogP contribution in [0.25, 0.3) is 27.7 Å². The van der Waals surface area contributed by atoms with Crippen LogP contribution in [0.5, 0.6) is 0 Å². The summed E-state index contributed by atoms with van der Waals surface area (Å²) in [6, 6.07) is 14.6. The third kappa shape index (κ3) is 4.69. The van der Waals surface area contributed by atoms with Crippen LogP contribution in [-0.2, 0) is 13.6 Å². The normalized spacial score (nSPS) is 12.4. The van der Waals surface area contributed by atoms with Crippen molar-refractivity contribution in [1.82, 2.24) is 19.7 Å². The monoisotopic (exact) mass is 410 g/mol. The Bertz CT molecular complexity index is 1260. The maximum atomic E-state index is 4.60. The Hall–Kier alpha value is -3.80. The minimum absolute atomic E-state index is 0.687. The standard InChI is InChI=1S/C25H26N6/c1-17(13-18(2)26-3)20-7-5-19(6-8-20)15-29-25-22-16-28-24(14-21(22)9-11-27-25)23-10-12-31(4)30-23/h5-14,16H,15H2,1-4H3,(H,27,29)/b17-13+,26-18-. The predicted octanol–water partition coefficient (Wildman–Crippen LogP) is 5.14. The average Bonchev–Trinajstić information content (AvgIpc) is 3.23. The summed E-state index contributed by atoms with van der Waals surface area (Å²) in [7, 11) is 3.71. The molecule has 156 valence electrons. The van der Waals surface area contributed by atoms with Crippen LogP contribution in [0.4, 0.5) is 5.82 Å². The molecule has 6 heteroatoms. The van der Waals surface area contributed by atoms with Crippen molar-refractivity contribution < 1.29 is 0 Å². The zero-order valence-electron chi connectivity index (χ0n) is 18.3. The molecule has 0 spiro atoms. The van der Waals surface area contributed by atoms with Crippen molar-refractivity contribution >= 4 is 27.9 Å². The van der Waals surface area contributed by atoms with Crippen LogP contribution in [0.2, 0.25) is 0 Å². The Labute approximate surface area is 182 Å². The second kappa shape index (κ2) is 8.92. The smallest absolute Gasteiger partial charge is 0.135 e. The lowest BCUT2D eigenvalue weighted by molar-refractivity contribution is 0.770. The van der Waals surface area contributed by atoms with E-state index in [1.165, 1.54) is 16.7 Å². The molecule has 0 aliphatic carbocycles. The number of hydrogen-bond acceptors (Lipinski definition) is 5. The number of allylic oxidation sites excluding steroid dienone is 2. The van der Waals surface area contributed by atoms with Gasteiger partial charge in [-0.05, 0) is 60.2 Å². The SMILES string of the molecule is C/N=C(C)\C=C(/C)c1ccc(CNc2nccc3cc(-c4ccn(C)n4)ncc23)cc1. The van der Waals surface area contributed by atoms with Gasteiger partial charge in [-0.3, -0.25) is 14.7 Å². The molecule has 0 aliphatic rings. The van der Waals surface area contributed by atoms with Crippen molar-refractivity contribution in [2.24, 2.45) is 12.0 Å². The second-order valence-electron chi connectivity index (χ2n) is 7.57. The van der Waals surface area contributed by atoms with Gasteiger partial charge in [0, 0.05) is 50.3 Å². The van der Waals surface area contributed by atoms with Gasteiger partial charge in [0.15, 0.2) is 0 Å². The number of nitrogens with one attached hydrogen (secondary N) is 1. The molecule has 3 heterocycles. The van der Waals surface area contributed by atoms with Gasteiger partial charge >= 0.3 is 0 Å². The largest absolute Gasteiger partial charge is 0.365 e. The van der Waals surface area contributed by atoms with Gasteiger partial charge in [0.25, 0.3) is 0 Å². The molecule has 1 N–H and O–H groups in total. The molecular weight excluding hydrogens is 384 g/mol. The zero-order valence-corrected chi connectivity index (χ0v) is 18.3. The number of aryl methyl sites for hydroxylation is 1. The summed E-state index contributed by atoms with van der Waals surface area (Å²) in [5.41, 5.74) is 6.32. The van der Waals surface area contributed by atoms with Crippen LogP contribution >= 0.6 is 0 Å². The summed E-state index contributed by atoms with van der Waals surface area (Å²) in [5, 5.41) is 9.96. The van der Waals surface area contributed by atoms with Crippen molar-refractivity contribution in [1.29, 1.82) is 0 Å². The van der Waals surface area contributed by atoms with E-state index in [2.05, 4.69) is 68.7 Å². The highest BCUT2D eigenvalue weighted by Crippen LogP contribution is 2.25. The Morgan fingerprint density at radius 2 is 1.87 bits per heavy atom. The topological polar surface area (TPSA) is 68.0 Å². The molecule has 0 aliphatic heterocycles. The van der Waals surface area contributed by atoms with Gasteiger partial charge in [0.2, 0.25) is 0 Å². The van der Waals surface area contributed by atoms with Gasteiger partial charge in [-0.1, -0.05) is 24.3 Å². The first-order valence-corrected chi connectivity index (χ1v) is 10.2. The number of benzene rings is 1. The lowest BCUT2D eigenvalue weighted by Crippen LogP contribution is -2.02. The predicted molar refractivity (Wildman–Crippen MR) is 128 cm³/mol. The van der Waals surface area contributed by atoms with Gasteiger partial charge in [-0.15, -0.1) is 0 Å². The highest BCUT2D eigenvalue weighted by molar-refractivity contribution is 5.98. The van der Waals surface area contributed by atoms with E-state index < -0.39 is 0 Å². The summed E-state index contributed by atoms with van der Waals surface area (Å²) < 4.78 is 1.78. The maximum absolute atomic E-state index is 4.60. The average molecular weight is 411 g/mol. The number of anilines is 1. The molecule has 0 bridgehead atoms. The van der Waals surface area contributed by atoms with Crippen LogP contribution in [0.1, 0.15) is 25.0 Å². The van der Waals surface area contributed by atoms with Crippen molar-refractivity contribution in [3.8, 4) is 11.4 Å². The number of hydrogen-bond donors (Lipinski definition) is 1. The molecule has 0 unspecified atom stereocenters. The summed E-state index contributed by atoms with van der Waals surface area (Å²) in [6.45, 7) is 4.80. The van der Waals surface area contributed by atoms with Gasteiger partial charge in [0.05, 0.1) is 5.69 Å². The Morgan fingerprint density at radius 3 is 2.58 bits per heavy atom. The molecule has 6 nitrogen and oxygen atoms in total. The molecule has 0 saturated heterocycles. The fourth-order valence-electron chi connectivity index (χ4n) is 3.43. The highest BCUT2D eigenvalue weighted by Gasteiger charge is 2.08. The second-order valence-corrected chi connectivity index (χ2v) is 7.57. The number of fused-ring (bicyclic) bond motifs is 1. The molecule has 31 heavy (non-hydrogen) atoms. The van der Waals surface area contributed by atoms with E-state index >= 15 is 0 Å². The lowest BCUT2D eigenvalue weighted by Gasteiger charge is -2.10. The molecular formula is C25H26N6. The van der Waals surface area contributed by atoms with E-state index in [-0.39, 0.29) is 0 Å². The minimum atomic E-state index is 0.687. The van der Waals surface area contributed by atoms with E-state index in [0.717, 1.165) is 33.7 Å². The van der Waals surface area contributed by atoms with Gasteiger partial charge in [-0.25, -0.2) is 4.98 Å². The molecule has 0 radical (unpaired) electrons. The lowest BCUT2D eigenvalue weighted by atomic mass is 10.0. The van der Waals surface area contributed by atoms with Crippen molar-refractivity contribution in [3.63, 3.8) is 0 Å². The van der Waals surface area contributed by atoms with E-state index in [4.69, 9.17) is 0 Å². The molecule has 4 rings (SSSR count). The van der Waals surface area contributed by atoms with Crippen LogP contribution in [0.3, 0.4) is 0 Å². The third-order valence-corrected chi connectivity index (χ3v) is 5.27. The Kier molecular flexibility index (Phi) is 5.89. The third-order valence-electron chi connectivity index (χ3n) is 5.27. The maximum Gasteiger partial charge on any atom is 0.135 e. The van der Waals surface area contributed by atoms with Gasteiger partial charge < -0.3 is 5.32 Å². The molecule has 3 aromatic heterocycles. The molecule has 0 fully saturated rings. The summed E-state index contributed by atoms with van der Waals surface area (Å²) in [5.74, 6) is 0.826. The fraction of sp³-hybridized carbons (Fsp3) is 0.200. The van der Waals surface area contributed by atoms with Gasteiger partial charge in [0.1, 0.15) is 11.5 Å². The summed E-state index contributed by atoms with van der Waals surface area (Å²) in [6.07, 6.45) is 7.70. The number of nitrogens with zero attached hydrogens (tertiary/aromatic N) is 5. The number of aromatic nitrogens is 4. The first-order valence-electron chi connectivity index (χ1n) is 10.2. The quantitative estimate of drug-likeness (QED) is 0.447. The van der Waals surface area contributed by atoms with Gasteiger partial charge in [-0.2, -0.15) is 5.10 Å². The fourth-order valence-corrected chi connectivity index (χ4v) is 3.43. The van der Waals surface area contributed by atoms with Crippen molar-refractivity contribution in [2.45, 2.75) is 20.4 Å². The van der Waals surface area contributed by atoms with Crippen LogP contribution in [0.15, 0.2) is 72.1 Å². The highest BCUT2D eigenvalue weighted by atomic mass is 15.2. The summed E-state index contributed by atoms with van der Waals surface area (Å²) in [4.78, 5) is 13.3. The first kappa shape index (κ1) is 20.5. The number of aliphatic imine (C=N–C) groups is 1. The van der Waals surface area contributed by atoms with Crippen LogP contribution < -0.4 is 5.32 Å². The Morgan fingerprint density at radius 1 is 1.06 bits per heavy atom. The molecule has 1 aromatic carbocycles. The van der Waals surface area contributed by atoms with Crippen LogP contribution in [-0.4, -0.2) is 32.5 Å². The van der Waals surface area contributed by atoms with Crippen molar-refractivity contribution in [2.75, 3.05) is 12.4 Å². The Balaban J connectivity index is 1.51. The molecule has 4 aromatic rings. The summed E-state index contributed by atoms with van der Waals surface area (Å²) >= 11 is 0. The molecule has 0 amide bonds. The number of rotatable bonds is 6. The van der Waals surface area contributed by atoms with Crippen molar-refractivity contribution in [3.05, 3.63) is 78.3 Å². The van der Waals surface area contributed by atoms with E-state index in [9.17, 15) is 0 Å². The van der Waals surface area contributed by atoms with E-state index in [0.29, 0.717) is 6.54 Å². The number of pyridine rings is 2. The van der Waals surface area contributed by atoms with Crippen LogP contribution in [0, 0.1) is 0 Å². The first-order chi connectivity index (χ1) is 15.0. The van der Waals surface area contributed by atoms with E-state index in [1.54, 1.807) is 4.68 Å². The minimum Gasteiger partial charge on any atom is -0.365 e.